The van der Waals surface area contributed by atoms with E-state index in [-0.39, 0.29) is 1.43 Å². The van der Waals surface area contributed by atoms with Crippen molar-refractivity contribution in [2.75, 3.05) is 11.9 Å². The molecule has 5 heteroatoms. The van der Waals surface area contributed by atoms with Crippen LogP contribution in [0.1, 0.15) is 14.8 Å². The smallest absolute Gasteiger partial charge is 0.412 e. The molecule has 0 saturated heterocycles. The fourth-order valence-electron chi connectivity index (χ4n) is 0.699. The maximum absolute atomic E-state index is 11.0. The quantitative estimate of drug-likeness (QED) is 0.774. The number of ether oxygens (including phenoxy) is 1. The van der Waals surface area contributed by atoms with Crippen molar-refractivity contribution in [2.24, 2.45) is 0 Å². The van der Waals surface area contributed by atoms with Gasteiger partial charge in [0.2, 0.25) is 0 Å². The van der Waals surface area contributed by atoms with Gasteiger partial charge in [-0.3, -0.25) is 10.3 Å². The van der Waals surface area contributed by atoms with E-state index in [4.69, 9.17) is 4.74 Å². The number of rotatable bonds is 3. The maximum Gasteiger partial charge on any atom is 0.412 e. The van der Waals surface area contributed by atoms with Crippen molar-refractivity contribution < 1.29 is 11.0 Å². The summed E-state index contributed by atoms with van der Waals surface area (Å²) in [5.41, 5.74) is 0. The molecular formula is C8H13N3O2. The molecule has 0 atom stereocenters. The Morgan fingerprint density at radius 1 is 1.69 bits per heavy atom. The fourth-order valence-corrected chi connectivity index (χ4v) is 0.699. The van der Waals surface area contributed by atoms with E-state index in [0.717, 1.165) is 6.42 Å². The van der Waals surface area contributed by atoms with Crippen LogP contribution < -0.4 is 5.32 Å². The van der Waals surface area contributed by atoms with E-state index in [9.17, 15) is 4.79 Å². The second-order valence-electron chi connectivity index (χ2n) is 2.35. The first-order valence-electron chi connectivity index (χ1n) is 4.02. The maximum atomic E-state index is 11.0. The minimum atomic E-state index is -0.498. The van der Waals surface area contributed by atoms with Crippen molar-refractivity contribution in [1.82, 2.24) is 9.97 Å². The van der Waals surface area contributed by atoms with Gasteiger partial charge in [-0.05, 0) is 6.42 Å². The Hall–Kier alpha value is -1.65. The highest BCUT2D eigenvalue weighted by atomic mass is 16.5. The molecule has 1 amide bonds. The lowest BCUT2D eigenvalue weighted by molar-refractivity contribution is 0.161. The zero-order chi connectivity index (χ0) is 9.52. The van der Waals surface area contributed by atoms with Crippen LogP contribution in [-0.2, 0) is 4.74 Å². The lowest BCUT2D eigenvalue weighted by Crippen LogP contribution is -2.14. The zero-order valence-corrected chi connectivity index (χ0v) is 7.36. The normalized spacial score (nSPS) is 9.31. The molecule has 1 N–H and O–H groups in total. The Balaban J connectivity index is 0.00000169. The summed E-state index contributed by atoms with van der Waals surface area (Å²) < 4.78 is 4.78. The Morgan fingerprint density at radius 2 is 2.54 bits per heavy atom. The molecule has 0 aromatic carbocycles. The van der Waals surface area contributed by atoms with E-state index in [1.54, 1.807) is 0 Å². The highest BCUT2D eigenvalue weighted by Gasteiger charge is 2.01. The predicted octanol–water partition coefficient (Wildman–Crippen LogP) is 1.68. The van der Waals surface area contributed by atoms with E-state index in [0.29, 0.717) is 12.4 Å². The van der Waals surface area contributed by atoms with Gasteiger partial charge in [0, 0.05) is 13.8 Å². The van der Waals surface area contributed by atoms with Crippen molar-refractivity contribution in [3.63, 3.8) is 0 Å². The number of hydrogen-bond donors (Lipinski definition) is 1. The van der Waals surface area contributed by atoms with E-state index in [1.165, 1.54) is 18.6 Å². The summed E-state index contributed by atoms with van der Waals surface area (Å²) in [6, 6.07) is 0. The number of carbonyl (C=O) groups is 1. The van der Waals surface area contributed by atoms with Gasteiger partial charge in [0.25, 0.3) is 0 Å². The van der Waals surface area contributed by atoms with Gasteiger partial charge in [-0.2, -0.15) is 0 Å². The largest absolute Gasteiger partial charge is 0.449 e. The molecule has 1 aromatic heterocycles. The Bertz CT molecular complexity index is 269. The average Bonchev–Trinajstić information content (AvgIpc) is 2.16. The van der Waals surface area contributed by atoms with E-state index in [1.807, 2.05) is 6.92 Å². The van der Waals surface area contributed by atoms with Gasteiger partial charge < -0.3 is 4.74 Å². The Kier molecular flexibility index (Phi) is 3.69. The third kappa shape index (κ3) is 3.50. The molecule has 0 bridgehead atoms. The van der Waals surface area contributed by atoms with Gasteiger partial charge >= 0.3 is 6.09 Å². The number of aromatic nitrogens is 2. The van der Waals surface area contributed by atoms with Gasteiger partial charge in [0.05, 0.1) is 12.8 Å². The first kappa shape index (κ1) is 9.44. The molecule has 0 unspecified atom stereocenters. The van der Waals surface area contributed by atoms with Crippen molar-refractivity contribution in [1.29, 1.82) is 0 Å². The lowest BCUT2D eigenvalue weighted by Gasteiger charge is -2.03. The number of hydrogen-bond acceptors (Lipinski definition) is 4. The van der Waals surface area contributed by atoms with Crippen LogP contribution in [0.4, 0.5) is 10.6 Å². The number of nitrogens with zero attached hydrogens (tertiary/aromatic N) is 2. The van der Waals surface area contributed by atoms with E-state index >= 15 is 0 Å². The molecule has 1 rings (SSSR count). The molecule has 72 valence electrons. The van der Waals surface area contributed by atoms with Gasteiger partial charge in [-0.1, -0.05) is 6.92 Å². The minimum absolute atomic E-state index is 0. The fraction of sp³-hybridized carbons (Fsp3) is 0.375. The SMILES string of the molecule is CCCOC(=O)Nc1cnccn1.[HH]. The Labute approximate surface area is 77.6 Å². The molecule has 0 fully saturated rings. The van der Waals surface area contributed by atoms with Crippen molar-refractivity contribution >= 4 is 11.9 Å². The third-order valence-corrected chi connectivity index (χ3v) is 1.23. The van der Waals surface area contributed by atoms with Gasteiger partial charge in [-0.25, -0.2) is 9.78 Å². The van der Waals surface area contributed by atoms with Crippen LogP contribution in [0, 0.1) is 0 Å². The third-order valence-electron chi connectivity index (χ3n) is 1.23. The molecule has 1 aromatic rings. The first-order chi connectivity index (χ1) is 6.33. The van der Waals surface area contributed by atoms with Crippen molar-refractivity contribution in [3.8, 4) is 0 Å². The molecular weight excluding hydrogens is 170 g/mol. The molecule has 0 saturated carbocycles. The first-order valence-corrected chi connectivity index (χ1v) is 4.02. The molecule has 0 radical (unpaired) electrons. The van der Waals surface area contributed by atoms with Gasteiger partial charge in [-0.15, -0.1) is 0 Å². The molecule has 0 aliphatic heterocycles. The zero-order valence-electron chi connectivity index (χ0n) is 7.36. The summed E-state index contributed by atoms with van der Waals surface area (Å²) in [4.78, 5) is 18.6. The van der Waals surface area contributed by atoms with E-state index in [2.05, 4.69) is 15.3 Å². The topological polar surface area (TPSA) is 64.1 Å². The summed E-state index contributed by atoms with van der Waals surface area (Å²) >= 11 is 0. The summed E-state index contributed by atoms with van der Waals surface area (Å²) in [5.74, 6) is 0.392. The lowest BCUT2D eigenvalue weighted by atomic mass is 10.5. The second-order valence-corrected chi connectivity index (χ2v) is 2.35. The molecule has 13 heavy (non-hydrogen) atoms. The van der Waals surface area contributed by atoms with Crippen LogP contribution in [-0.4, -0.2) is 22.7 Å². The second kappa shape index (κ2) is 5.08. The summed E-state index contributed by atoms with van der Waals surface area (Å²) in [5, 5.41) is 2.44. The van der Waals surface area contributed by atoms with Crippen LogP contribution >= 0.6 is 0 Å². The molecule has 0 spiro atoms. The highest BCUT2D eigenvalue weighted by Crippen LogP contribution is 1.97. The number of nitrogens with one attached hydrogen (secondary N) is 1. The van der Waals surface area contributed by atoms with Crippen LogP contribution in [0.3, 0.4) is 0 Å². The van der Waals surface area contributed by atoms with Crippen LogP contribution in [0.25, 0.3) is 0 Å². The molecule has 0 aliphatic carbocycles. The summed E-state index contributed by atoms with van der Waals surface area (Å²) in [6.45, 7) is 2.34. The summed E-state index contributed by atoms with van der Waals surface area (Å²) in [7, 11) is 0. The van der Waals surface area contributed by atoms with Crippen LogP contribution in [0.2, 0.25) is 0 Å². The molecule has 5 nitrogen and oxygen atoms in total. The minimum Gasteiger partial charge on any atom is -0.449 e. The molecule has 1 heterocycles. The summed E-state index contributed by atoms with van der Waals surface area (Å²) in [6.07, 6.45) is 4.78. The molecule has 0 aliphatic rings. The highest BCUT2D eigenvalue weighted by molar-refractivity contribution is 5.82. The van der Waals surface area contributed by atoms with Crippen molar-refractivity contribution in [3.05, 3.63) is 18.6 Å². The van der Waals surface area contributed by atoms with Gasteiger partial charge in [0.1, 0.15) is 0 Å². The number of anilines is 1. The average molecular weight is 183 g/mol. The number of amides is 1. The monoisotopic (exact) mass is 183 g/mol. The number of carbonyl (C=O) groups excluding carboxylic acids is 1. The van der Waals surface area contributed by atoms with Crippen molar-refractivity contribution in [2.45, 2.75) is 13.3 Å². The van der Waals surface area contributed by atoms with E-state index < -0.39 is 6.09 Å². The van der Waals surface area contributed by atoms with Crippen LogP contribution in [0.15, 0.2) is 18.6 Å². The Morgan fingerprint density at radius 3 is 3.15 bits per heavy atom. The van der Waals surface area contributed by atoms with Gasteiger partial charge in [0.15, 0.2) is 5.82 Å². The standard InChI is InChI=1S/C8H11N3O2.H2/c1-2-5-13-8(12)11-7-6-9-3-4-10-7;/h3-4,6H,2,5H2,1H3,(H,10,11,12);1H. The van der Waals surface area contributed by atoms with Crippen LogP contribution in [0.5, 0.6) is 0 Å². The predicted molar refractivity (Wildman–Crippen MR) is 49.4 cm³/mol.